The number of carbonyl (C=O) groups excluding carboxylic acids is 1. The number of anilines is 1. The fourth-order valence-corrected chi connectivity index (χ4v) is 2.11. The van der Waals surface area contributed by atoms with Crippen molar-refractivity contribution in [3.8, 4) is 6.07 Å². The molecule has 0 saturated heterocycles. The van der Waals surface area contributed by atoms with Crippen LogP contribution in [0.15, 0.2) is 35.5 Å². The summed E-state index contributed by atoms with van der Waals surface area (Å²) in [6.45, 7) is 1.69. The van der Waals surface area contributed by atoms with Gasteiger partial charge in [-0.1, -0.05) is 6.07 Å². The van der Waals surface area contributed by atoms with E-state index in [1.54, 1.807) is 6.92 Å². The Morgan fingerprint density at radius 1 is 1.33 bits per heavy atom. The molecule has 0 atom stereocenters. The highest BCUT2D eigenvalue weighted by atomic mass is 19.4. The monoisotopic (exact) mass is 295 g/mol. The van der Waals surface area contributed by atoms with Crippen LogP contribution in [0.1, 0.15) is 12.5 Å². The highest BCUT2D eigenvalue weighted by molar-refractivity contribution is 5.96. The summed E-state index contributed by atoms with van der Waals surface area (Å²) in [6.07, 6.45) is -4.49. The highest BCUT2D eigenvalue weighted by Crippen LogP contribution is 2.34. The van der Waals surface area contributed by atoms with Gasteiger partial charge in [0.1, 0.15) is 0 Å². The first kappa shape index (κ1) is 14.9. The number of likely N-dealkylation sites (N-methyl/N-ethyl adjacent to an activating group) is 1. The summed E-state index contributed by atoms with van der Waals surface area (Å²) >= 11 is 0. The molecular weight excluding hydrogens is 283 g/mol. The molecule has 0 aromatic heterocycles. The van der Waals surface area contributed by atoms with Gasteiger partial charge in [0.2, 0.25) is 0 Å². The number of amides is 2. The Morgan fingerprint density at radius 2 is 2.00 bits per heavy atom. The van der Waals surface area contributed by atoms with E-state index < -0.39 is 17.8 Å². The minimum absolute atomic E-state index is 0.0895. The van der Waals surface area contributed by atoms with Crippen molar-refractivity contribution in [2.24, 2.45) is 0 Å². The van der Waals surface area contributed by atoms with Crippen LogP contribution in [-0.4, -0.2) is 24.5 Å². The number of allylic oxidation sites excluding steroid dienone is 1. The van der Waals surface area contributed by atoms with Gasteiger partial charge in [0.25, 0.3) is 0 Å². The molecule has 1 aromatic rings. The molecule has 2 amide bonds. The largest absolute Gasteiger partial charge is 0.416 e. The Labute approximate surface area is 119 Å². The second-order valence-corrected chi connectivity index (χ2v) is 4.70. The van der Waals surface area contributed by atoms with Crippen LogP contribution >= 0.6 is 0 Å². The van der Waals surface area contributed by atoms with Gasteiger partial charge >= 0.3 is 12.2 Å². The van der Waals surface area contributed by atoms with Gasteiger partial charge in [-0.2, -0.15) is 18.4 Å². The van der Waals surface area contributed by atoms with Gasteiger partial charge in [-0.15, -0.1) is 0 Å². The lowest BCUT2D eigenvalue weighted by Gasteiger charge is -2.34. The smallest absolute Gasteiger partial charge is 0.322 e. The number of urea groups is 1. The predicted molar refractivity (Wildman–Crippen MR) is 70.3 cm³/mol. The van der Waals surface area contributed by atoms with E-state index in [4.69, 9.17) is 5.26 Å². The van der Waals surface area contributed by atoms with Gasteiger partial charge in [0.15, 0.2) is 0 Å². The van der Waals surface area contributed by atoms with Crippen molar-refractivity contribution in [3.05, 3.63) is 41.1 Å². The van der Waals surface area contributed by atoms with E-state index in [1.807, 2.05) is 6.07 Å². The average molecular weight is 295 g/mol. The van der Waals surface area contributed by atoms with Crippen molar-refractivity contribution in [3.63, 3.8) is 0 Å². The minimum atomic E-state index is -4.49. The van der Waals surface area contributed by atoms with Crippen LogP contribution in [0.4, 0.5) is 23.7 Å². The molecule has 0 aliphatic carbocycles. The molecule has 7 heteroatoms. The Hall–Kier alpha value is -2.49. The van der Waals surface area contributed by atoms with Crippen LogP contribution < -0.4 is 4.90 Å². The molecular formula is C14H12F3N3O. The van der Waals surface area contributed by atoms with Crippen molar-refractivity contribution in [2.45, 2.75) is 13.1 Å². The standard InChI is InChI=1S/C14H12F3N3O/c1-9-10(7-18)8-19(2)13(21)20(9)12-5-3-4-11(6-12)14(15,16)17/h3-6H,8H2,1-2H3. The summed E-state index contributed by atoms with van der Waals surface area (Å²) < 4.78 is 38.3. The van der Waals surface area contributed by atoms with Crippen molar-refractivity contribution in [2.75, 3.05) is 18.5 Å². The molecule has 0 radical (unpaired) electrons. The average Bonchev–Trinajstić information content (AvgIpc) is 2.42. The van der Waals surface area contributed by atoms with Crippen molar-refractivity contribution < 1.29 is 18.0 Å². The van der Waals surface area contributed by atoms with E-state index >= 15 is 0 Å². The second-order valence-electron chi connectivity index (χ2n) is 4.70. The normalized spacial score (nSPS) is 16.3. The molecule has 0 N–H and O–H groups in total. The molecule has 1 aromatic carbocycles. The Balaban J connectivity index is 2.54. The van der Waals surface area contributed by atoms with E-state index in [-0.39, 0.29) is 12.2 Å². The van der Waals surface area contributed by atoms with E-state index in [2.05, 4.69) is 0 Å². The number of rotatable bonds is 1. The molecule has 21 heavy (non-hydrogen) atoms. The summed E-state index contributed by atoms with van der Waals surface area (Å²) in [6, 6.07) is 5.98. The van der Waals surface area contributed by atoms with Crippen molar-refractivity contribution in [1.82, 2.24) is 4.90 Å². The maximum atomic E-state index is 12.8. The number of hydrogen-bond acceptors (Lipinski definition) is 2. The fraction of sp³-hybridized carbons (Fsp3) is 0.286. The molecule has 1 heterocycles. The number of nitrogens with zero attached hydrogens (tertiary/aromatic N) is 3. The Kier molecular flexibility index (Phi) is 3.64. The molecule has 0 fully saturated rings. The van der Waals surface area contributed by atoms with E-state index in [0.29, 0.717) is 11.3 Å². The number of hydrogen-bond donors (Lipinski definition) is 0. The van der Waals surface area contributed by atoms with Crippen LogP contribution in [0.25, 0.3) is 0 Å². The molecule has 4 nitrogen and oxygen atoms in total. The van der Waals surface area contributed by atoms with Crippen LogP contribution in [0.2, 0.25) is 0 Å². The third kappa shape index (κ3) is 2.70. The van der Waals surface area contributed by atoms with Crippen LogP contribution in [0.3, 0.4) is 0 Å². The summed E-state index contributed by atoms with van der Waals surface area (Å²) in [5, 5.41) is 9.06. The quantitative estimate of drug-likeness (QED) is 0.797. The highest BCUT2D eigenvalue weighted by Gasteiger charge is 2.33. The van der Waals surface area contributed by atoms with Gasteiger partial charge in [-0.05, 0) is 25.1 Å². The zero-order valence-electron chi connectivity index (χ0n) is 11.4. The van der Waals surface area contributed by atoms with Crippen molar-refractivity contribution in [1.29, 1.82) is 5.26 Å². The lowest BCUT2D eigenvalue weighted by atomic mass is 10.1. The number of carbonyl (C=O) groups is 1. The van der Waals surface area contributed by atoms with Crippen molar-refractivity contribution >= 4 is 11.7 Å². The molecule has 110 valence electrons. The molecule has 1 aliphatic rings. The summed E-state index contributed by atoms with van der Waals surface area (Å²) in [5.74, 6) is 0. The fourth-order valence-electron chi connectivity index (χ4n) is 2.11. The first-order valence-corrected chi connectivity index (χ1v) is 6.08. The summed E-state index contributed by atoms with van der Waals surface area (Å²) in [7, 11) is 1.49. The van der Waals surface area contributed by atoms with Gasteiger partial charge in [0.05, 0.1) is 29.4 Å². The van der Waals surface area contributed by atoms with E-state index in [9.17, 15) is 18.0 Å². The number of benzene rings is 1. The van der Waals surface area contributed by atoms with E-state index in [0.717, 1.165) is 17.0 Å². The number of halogens is 3. The number of nitriles is 1. The third-order valence-corrected chi connectivity index (χ3v) is 3.25. The lowest BCUT2D eigenvalue weighted by molar-refractivity contribution is -0.137. The predicted octanol–water partition coefficient (Wildman–Crippen LogP) is 3.37. The van der Waals surface area contributed by atoms with Gasteiger partial charge in [-0.3, -0.25) is 4.90 Å². The maximum Gasteiger partial charge on any atom is 0.416 e. The molecule has 0 unspecified atom stereocenters. The first-order valence-electron chi connectivity index (χ1n) is 6.08. The van der Waals surface area contributed by atoms with Crippen LogP contribution in [0.5, 0.6) is 0 Å². The zero-order chi connectivity index (χ0) is 15.8. The first-order chi connectivity index (χ1) is 9.75. The topological polar surface area (TPSA) is 47.3 Å². The third-order valence-electron chi connectivity index (χ3n) is 3.25. The summed E-state index contributed by atoms with van der Waals surface area (Å²) in [5.41, 5.74) is -0.0617. The van der Waals surface area contributed by atoms with Crippen LogP contribution in [0, 0.1) is 11.3 Å². The Bertz CT molecular complexity index is 658. The lowest BCUT2D eigenvalue weighted by Crippen LogP contribution is -2.45. The molecule has 1 aliphatic heterocycles. The summed E-state index contributed by atoms with van der Waals surface area (Å²) in [4.78, 5) is 14.6. The van der Waals surface area contributed by atoms with Gasteiger partial charge in [-0.25, -0.2) is 4.79 Å². The molecule has 2 rings (SSSR count). The SMILES string of the molecule is CC1=C(C#N)CN(C)C(=O)N1c1cccc(C(F)(F)F)c1. The number of alkyl halides is 3. The zero-order valence-corrected chi connectivity index (χ0v) is 11.4. The van der Waals surface area contributed by atoms with Gasteiger partial charge in [0, 0.05) is 12.7 Å². The minimum Gasteiger partial charge on any atom is -0.322 e. The maximum absolute atomic E-state index is 12.8. The molecule has 0 saturated carbocycles. The second kappa shape index (κ2) is 5.13. The van der Waals surface area contributed by atoms with Gasteiger partial charge < -0.3 is 4.90 Å². The molecule has 0 spiro atoms. The molecule has 0 bridgehead atoms. The van der Waals surface area contributed by atoms with E-state index in [1.165, 1.54) is 24.1 Å². The Morgan fingerprint density at radius 3 is 2.57 bits per heavy atom. The van der Waals surface area contributed by atoms with Crippen LogP contribution in [-0.2, 0) is 6.18 Å².